The van der Waals surface area contributed by atoms with Crippen molar-refractivity contribution in [2.45, 2.75) is 26.8 Å². The number of benzene rings is 2. The molecule has 0 spiro atoms. The zero-order valence-corrected chi connectivity index (χ0v) is 11.4. The van der Waals surface area contributed by atoms with Gasteiger partial charge in [-0.15, -0.1) is 0 Å². The molecule has 0 radical (unpaired) electrons. The molecule has 0 saturated carbocycles. The first-order chi connectivity index (χ1) is 9.16. The zero-order chi connectivity index (χ0) is 13.4. The maximum absolute atomic E-state index is 14.3. The lowest BCUT2D eigenvalue weighted by Gasteiger charge is -2.21. The average Bonchev–Trinajstić information content (AvgIpc) is 2.38. The molecule has 1 nitrogen and oxygen atoms in total. The summed E-state index contributed by atoms with van der Waals surface area (Å²) in [7, 11) is 0. The maximum Gasteiger partial charge on any atom is 0.131 e. The van der Waals surface area contributed by atoms with E-state index in [1.165, 1.54) is 11.1 Å². The Morgan fingerprint density at radius 3 is 2.79 bits per heavy atom. The third-order valence-electron chi connectivity index (χ3n) is 3.85. The molecule has 1 aliphatic rings. The van der Waals surface area contributed by atoms with Crippen LogP contribution in [0.15, 0.2) is 30.3 Å². The third kappa shape index (κ3) is 2.17. The molecule has 19 heavy (non-hydrogen) atoms. The van der Waals surface area contributed by atoms with E-state index < -0.39 is 0 Å². The average molecular weight is 255 g/mol. The molecule has 0 aliphatic carbocycles. The molecule has 1 heterocycles. The summed E-state index contributed by atoms with van der Waals surface area (Å²) < 4.78 is 14.3. The summed E-state index contributed by atoms with van der Waals surface area (Å²) in [4.78, 5) is 0. The van der Waals surface area contributed by atoms with E-state index >= 15 is 0 Å². The first-order valence-electron chi connectivity index (χ1n) is 6.75. The molecular weight excluding hydrogens is 237 g/mol. The Labute approximate surface area is 113 Å². The van der Waals surface area contributed by atoms with Crippen molar-refractivity contribution in [1.82, 2.24) is 5.32 Å². The van der Waals surface area contributed by atoms with E-state index in [0.717, 1.165) is 41.8 Å². The van der Waals surface area contributed by atoms with Gasteiger partial charge in [0.05, 0.1) is 0 Å². The lowest BCUT2D eigenvalue weighted by molar-refractivity contribution is 0.625. The second-order valence-corrected chi connectivity index (χ2v) is 5.31. The molecule has 0 amide bonds. The highest BCUT2D eigenvalue weighted by Gasteiger charge is 2.17. The summed E-state index contributed by atoms with van der Waals surface area (Å²) in [6.07, 6.45) is 1.02. The number of nitrogens with one attached hydrogen (secondary N) is 1. The molecule has 98 valence electrons. The predicted octanol–water partition coefficient (Wildman–Crippen LogP) is 3.76. The van der Waals surface area contributed by atoms with E-state index in [1.54, 1.807) is 6.07 Å². The van der Waals surface area contributed by atoms with Crippen LogP contribution in [0.3, 0.4) is 0 Å². The minimum Gasteiger partial charge on any atom is -0.312 e. The molecular formula is C17H18FN. The standard InChI is InChI=1S/C17H18FN/c1-11-8-12(2)17(16(18)9-11)14-5-3-4-13-6-7-19-10-15(13)14/h3-5,8-9,19H,6-7,10H2,1-2H3. The smallest absolute Gasteiger partial charge is 0.131 e. The van der Waals surface area contributed by atoms with Gasteiger partial charge in [0, 0.05) is 12.1 Å². The molecule has 0 fully saturated rings. The quantitative estimate of drug-likeness (QED) is 0.818. The van der Waals surface area contributed by atoms with Crippen LogP contribution in [0, 0.1) is 19.7 Å². The number of aryl methyl sites for hydroxylation is 2. The molecule has 1 aliphatic heterocycles. The second kappa shape index (κ2) is 4.78. The van der Waals surface area contributed by atoms with Crippen LogP contribution in [-0.2, 0) is 13.0 Å². The van der Waals surface area contributed by atoms with E-state index in [-0.39, 0.29) is 5.82 Å². The van der Waals surface area contributed by atoms with Crippen molar-refractivity contribution in [3.05, 3.63) is 58.4 Å². The number of rotatable bonds is 1. The summed E-state index contributed by atoms with van der Waals surface area (Å²) in [6, 6.07) is 9.90. The van der Waals surface area contributed by atoms with Crippen LogP contribution in [0.4, 0.5) is 4.39 Å². The highest BCUT2D eigenvalue weighted by Crippen LogP contribution is 2.33. The SMILES string of the molecule is Cc1cc(C)c(-c2cccc3c2CNCC3)c(F)c1. The molecule has 0 unspecified atom stereocenters. The van der Waals surface area contributed by atoms with Gasteiger partial charge < -0.3 is 5.32 Å². The van der Waals surface area contributed by atoms with Crippen molar-refractivity contribution in [1.29, 1.82) is 0 Å². The van der Waals surface area contributed by atoms with Crippen molar-refractivity contribution < 1.29 is 4.39 Å². The van der Waals surface area contributed by atoms with Crippen LogP contribution >= 0.6 is 0 Å². The first-order valence-corrected chi connectivity index (χ1v) is 6.75. The maximum atomic E-state index is 14.3. The van der Waals surface area contributed by atoms with Crippen molar-refractivity contribution in [3.8, 4) is 11.1 Å². The van der Waals surface area contributed by atoms with Gasteiger partial charge in [0.1, 0.15) is 5.82 Å². The van der Waals surface area contributed by atoms with Gasteiger partial charge in [-0.3, -0.25) is 0 Å². The fourth-order valence-corrected chi connectivity index (χ4v) is 3.01. The van der Waals surface area contributed by atoms with E-state index in [4.69, 9.17) is 0 Å². The van der Waals surface area contributed by atoms with Crippen molar-refractivity contribution in [2.75, 3.05) is 6.54 Å². The van der Waals surface area contributed by atoms with Gasteiger partial charge in [-0.1, -0.05) is 24.3 Å². The minimum absolute atomic E-state index is 0.114. The summed E-state index contributed by atoms with van der Waals surface area (Å²) >= 11 is 0. The molecule has 2 heteroatoms. The van der Waals surface area contributed by atoms with E-state index in [0.29, 0.717) is 0 Å². The summed E-state index contributed by atoms with van der Waals surface area (Å²) in [6.45, 7) is 5.76. The van der Waals surface area contributed by atoms with Gasteiger partial charge in [-0.25, -0.2) is 4.39 Å². The number of halogens is 1. The van der Waals surface area contributed by atoms with E-state index in [1.807, 2.05) is 32.0 Å². The van der Waals surface area contributed by atoms with Gasteiger partial charge in [0.15, 0.2) is 0 Å². The molecule has 1 N–H and O–H groups in total. The van der Waals surface area contributed by atoms with Crippen LogP contribution in [0.25, 0.3) is 11.1 Å². The molecule has 2 aromatic carbocycles. The molecule has 2 aromatic rings. The summed E-state index contributed by atoms with van der Waals surface area (Å²) in [5.41, 5.74) is 6.37. The topological polar surface area (TPSA) is 12.0 Å². The highest BCUT2D eigenvalue weighted by molar-refractivity contribution is 5.73. The largest absolute Gasteiger partial charge is 0.312 e. The van der Waals surface area contributed by atoms with Crippen molar-refractivity contribution in [2.24, 2.45) is 0 Å². The third-order valence-corrected chi connectivity index (χ3v) is 3.85. The van der Waals surface area contributed by atoms with Crippen molar-refractivity contribution in [3.63, 3.8) is 0 Å². The molecule has 0 atom stereocenters. The number of fused-ring (bicyclic) bond motifs is 1. The Morgan fingerprint density at radius 1 is 1.16 bits per heavy atom. The molecule has 0 bridgehead atoms. The van der Waals surface area contributed by atoms with Gasteiger partial charge in [-0.2, -0.15) is 0 Å². The molecule has 3 rings (SSSR count). The number of hydrogen-bond donors (Lipinski definition) is 1. The zero-order valence-electron chi connectivity index (χ0n) is 11.4. The summed E-state index contributed by atoms with van der Waals surface area (Å²) in [5, 5.41) is 3.38. The minimum atomic E-state index is -0.114. The first kappa shape index (κ1) is 12.4. The van der Waals surface area contributed by atoms with Crippen LogP contribution < -0.4 is 5.32 Å². The summed E-state index contributed by atoms with van der Waals surface area (Å²) in [5.74, 6) is -0.114. The van der Waals surface area contributed by atoms with E-state index in [2.05, 4.69) is 11.4 Å². The van der Waals surface area contributed by atoms with Crippen LogP contribution in [0.5, 0.6) is 0 Å². The fourth-order valence-electron chi connectivity index (χ4n) is 3.01. The fraction of sp³-hybridized carbons (Fsp3) is 0.294. The molecule has 0 aromatic heterocycles. The van der Waals surface area contributed by atoms with Crippen LogP contribution in [0.2, 0.25) is 0 Å². The number of hydrogen-bond acceptors (Lipinski definition) is 1. The lowest BCUT2D eigenvalue weighted by Crippen LogP contribution is -2.24. The Bertz CT molecular complexity index is 608. The predicted molar refractivity (Wildman–Crippen MR) is 76.7 cm³/mol. The Morgan fingerprint density at radius 2 is 2.00 bits per heavy atom. The van der Waals surface area contributed by atoms with Gasteiger partial charge in [0.25, 0.3) is 0 Å². The Kier molecular flexibility index (Phi) is 3.11. The van der Waals surface area contributed by atoms with Gasteiger partial charge in [-0.05, 0) is 60.7 Å². The highest BCUT2D eigenvalue weighted by atomic mass is 19.1. The molecule has 0 saturated heterocycles. The van der Waals surface area contributed by atoms with Crippen molar-refractivity contribution >= 4 is 0 Å². The Balaban J connectivity index is 2.23. The Hall–Kier alpha value is -1.67. The van der Waals surface area contributed by atoms with Gasteiger partial charge >= 0.3 is 0 Å². The normalized spacial score (nSPS) is 14.3. The lowest BCUT2D eigenvalue weighted by atomic mass is 9.89. The van der Waals surface area contributed by atoms with Crippen LogP contribution in [0.1, 0.15) is 22.3 Å². The monoisotopic (exact) mass is 255 g/mol. The van der Waals surface area contributed by atoms with E-state index in [9.17, 15) is 4.39 Å². The second-order valence-electron chi connectivity index (χ2n) is 5.31. The van der Waals surface area contributed by atoms with Gasteiger partial charge in [0.2, 0.25) is 0 Å². The van der Waals surface area contributed by atoms with Crippen LogP contribution in [-0.4, -0.2) is 6.54 Å².